The van der Waals surface area contributed by atoms with Gasteiger partial charge in [0.15, 0.2) is 0 Å². The molecule has 0 spiro atoms. The molecular formula is C14H27N3O. The average molecular weight is 253 g/mol. The Balaban J connectivity index is 1.87. The summed E-state index contributed by atoms with van der Waals surface area (Å²) in [6, 6.07) is 0.278. The fourth-order valence-electron chi connectivity index (χ4n) is 3.03. The van der Waals surface area contributed by atoms with Gasteiger partial charge in [-0.05, 0) is 51.1 Å². The molecular weight excluding hydrogens is 226 g/mol. The third-order valence-electron chi connectivity index (χ3n) is 4.02. The van der Waals surface area contributed by atoms with Crippen molar-refractivity contribution < 1.29 is 4.79 Å². The maximum Gasteiger partial charge on any atom is 0.320 e. The van der Waals surface area contributed by atoms with Gasteiger partial charge >= 0.3 is 6.03 Å². The number of piperidine rings is 1. The van der Waals surface area contributed by atoms with E-state index >= 15 is 0 Å². The zero-order chi connectivity index (χ0) is 12.8. The van der Waals surface area contributed by atoms with Crippen molar-refractivity contribution in [1.82, 2.24) is 15.1 Å². The molecule has 2 aliphatic heterocycles. The molecule has 2 heterocycles. The SMILES string of the molecule is CCCN(CC1CCCNC1)C(=O)N1CCCC1. The first-order chi connectivity index (χ1) is 8.81. The fraction of sp³-hybridized carbons (Fsp3) is 0.929. The second kappa shape index (κ2) is 6.98. The minimum absolute atomic E-state index is 0.278. The van der Waals surface area contributed by atoms with Crippen LogP contribution in [0.2, 0.25) is 0 Å². The molecule has 0 aromatic carbocycles. The smallest absolute Gasteiger partial charge is 0.320 e. The van der Waals surface area contributed by atoms with Crippen LogP contribution in [0.5, 0.6) is 0 Å². The summed E-state index contributed by atoms with van der Waals surface area (Å²) in [6.07, 6.45) is 5.93. The molecule has 0 radical (unpaired) electrons. The zero-order valence-electron chi connectivity index (χ0n) is 11.7. The third kappa shape index (κ3) is 3.61. The first-order valence-corrected chi connectivity index (χ1v) is 7.56. The number of likely N-dealkylation sites (tertiary alicyclic amines) is 1. The predicted molar refractivity (Wildman–Crippen MR) is 73.7 cm³/mol. The van der Waals surface area contributed by atoms with Gasteiger partial charge in [-0.3, -0.25) is 0 Å². The minimum atomic E-state index is 0.278. The lowest BCUT2D eigenvalue weighted by atomic mass is 9.99. The standard InChI is InChI=1S/C14H27N3O/c1-2-8-17(12-13-6-5-7-15-11-13)14(18)16-9-3-4-10-16/h13,15H,2-12H2,1H3. The van der Waals surface area contributed by atoms with E-state index in [-0.39, 0.29) is 6.03 Å². The number of nitrogens with one attached hydrogen (secondary N) is 1. The van der Waals surface area contributed by atoms with Crippen LogP contribution in [0.25, 0.3) is 0 Å². The number of carbonyl (C=O) groups is 1. The summed E-state index contributed by atoms with van der Waals surface area (Å²) in [5, 5.41) is 3.44. The number of rotatable bonds is 4. The molecule has 0 aromatic heterocycles. The molecule has 0 saturated carbocycles. The highest BCUT2D eigenvalue weighted by atomic mass is 16.2. The van der Waals surface area contributed by atoms with E-state index in [1.807, 2.05) is 4.90 Å². The van der Waals surface area contributed by atoms with Gasteiger partial charge in [0, 0.05) is 26.2 Å². The molecule has 2 saturated heterocycles. The fourth-order valence-corrected chi connectivity index (χ4v) is 3.03. The Morgan fingerprint density at radius 1 is 1.33 bits per heavy atom. The first-order valence-electron chi connectivity index (χ1n) is 7.56. The Hall–Kier alpha value is -0.770. The molecule has 2 aliphatic rings. The van der Waals surface area contributed by atoms with Gasteiger partial charge in [0.25, 0.3) is 0 Å². The summed E-state index contributed by atoms with van der Waals surface area (Å²) in [5.74, 6) is 0.650. The highest BCUT2D eigenvalue weighted by molar-refractivity contribution is 5.74. The number of hydrogen-bond donors (Lipinski definition) is 1. The van der Waals surface area contributed by atoms with Crippen molar-refractivity contribution >= 4 is 6.03 Å². The number of hydrogen-bond acceptors (Lipinski definition) is 2. The maximum absolute atomic E-state index is 12.4. The molecule has 0 bridgehead atoms. The van der Waals surface area contributed by atoms with E-state index in [2.05, 4.69) is 17.1 Å². The van der Waals surface area contributed by atoms with E-state index < -0.39 is 0 Å². The lowest BCUT2D eigenvalue weighted by Crippen LogP contribution is -2.46. The summed E-state index contributed by atoms with van der Waals surface area (Å²) in [7, 11) is 0. The van der Waals surface area contributed by atoms with Crippen LogP contribution in [-0.2, 0) is 0 Å². The van der Waals surface area contributed by atoms with Gasteiger partial charge in [-0.2, -0.15) is 0 Å². The summed E-state index contributed by atoms with van der Waals surface area (Å²) in [6.45, 7) is 8.15. The Bertz CT molecular complexity index is 258. The van der Waals surface area contributed by atoms with Crippen molar-refractivity contribution in [3.8, 4) is 0 Å². The number of carbonyl (C=O) groups excluding carboxylic acids is 1. The summed E-state index contributed by atoms with van der Waals surface area (Å²) in [4.78, 5) is 16.6. The molecule has 2 fully saturated rings. The molecule has 2 rings (SSSR count). The van der Waals surface area contributed by atoms with Crippen LogP contribution in [0, 0.1) is 5.92 Å². The maximum atomic E-state index is 12.4. The van der Waals surface area contributed by atoms with Crippen LogP contribution in [0.15, 0.2) is 0 Å². The van der Waals surface area contributed by atoms with E-state index in [0.717, 1.165) is 45.7 Å². The second-order valence-electron chi connectivity index (χ2n) is 5.64. The lowest BCUT2D eigenvalue weighted by Gasteiger charge is -2.32. The van der Waals surface area contributed by atoms with Gasteiger partial charge in [-0.15, -0.1) is 0 Å². The normalized spacial score (nSPS) is 24.3. The molecule has 4 nitrogen and oxygen atoms in total. The Morgan fingerprint density at radius 3 is 2.72 bits per heavy atom. The van der Waals surface area contributed by atoms with Crippen molar-refractivity contribution in [1.29, 1.82) is 0 Å². The highest BCUT2D eigenvalue weighted by Crippen LogP contribution is 2.16. The largest absolute Gasteiger partial charge is 0.325 e. The first kappa shape index (κ1) is 13.7. The molecule has 18 heavy (non-hydrogen) atoms. The monoisotopic (exact) mass is 253 g/mol. The molecule has 104 valence electrons. The molecule has 1 N–H and O–H groups in total. The topological polar surface area (TPSA) is 35.6 Å². The van der Waals surface area contributed by atoms with Crippen LogP contribution in [0.4, 0.5) is 4.79 Å². The molecule has 1 unspecified atom stereocenters. The molecule has 2 amide bonds. The van der Waals surface area contributed by atoms with E-state index in [1.54, 1.807) is 0 Å². The van der Waals surface area contributed by atoms with Gasteiger partial charge in [0.05, 0.1) is 0 Å². The molecule has 0 aromatic rings. The number of urea groups is 1. The van der Waals surface area contributed by atoms with Crippen molar-refractivity contribution in [2.45, 2.75) is 39.0 Å². The summed E-state index contributed by atoms with van der Waals surface area (Å²) in [5.41, 5.74) is 0. The predicted octanol–water partition coefficient (Wildman–Crippen LogP) is 1.91. The van der Waals surface area contributed by atoms with Gasteiger partial charge in [0.2, 0.25) is 0 Å². The average Bonchev–Trinajstić information content (AvgIpc) is 2.92. The van der Waals surface area contributed by atoms with E-state index in [1.165, 1.54) is 25.7 Å². The Kier molecular flexibility index (Phi) is 5.29. The van der Waals surface area contributed by atoms with Crippen molar-refractivity contribution in [3.05, 3.63) is 0 Å². The third-order valence-corrected chi connectivity index (χ3v) is 4.02. The van der Waals surface area contributed by atoms with E-state index in [4.69, 9.17) is 0 Å². The van der Waals surface area contributed by atoms with Gasteiger partial charge in [-0.25, -0.2) is 4.79 Å². The van der Waals surface area contributed by atoms with Crippen molar-refractivity contribution in [2.75, 3.05) is 39.3 Å². The quantitative estimate of drug-likeness (QED) is 0.831. The second-order valence-corrected chi connectivity index (χ2v) is 5.64. The van der Waals surface area contributed by atoms with Crippen LogP contribution < -0.4 is 5.32 Å². The summed E-state index contributed by atoms with van der Waals surface area (Å²) < 4.78 is 0. The van der Waals surface area contributed by atoms with Gasteiger partial charge in [0.1, 0.15) is 0 Å². The van der Waals surface area contributed by atoms with Gasteiger partial charge in [-0.1, -0.05) is 6.92 Å². The molecule has 1 atom stereocenters. The van der Waals surface area contributed by atoms with E-state index in [0.29, 0.717) is 5.92 Å². The minimum Gasteiger partial charge on any atom is -0.325 e. The highest BCUT2D eigenvalue weighted by Gasteiger charge is 2.25. The van der Waals surface area contributed by atoms with Crippen LogP contribution in [0.3, 0.4) is 0 Å². The summed E-state index contributed by atoms with van der Waals surface area (Å²) >= 11 is 0. The lowest BCUT2D eigenvalue weighted by molar-refractivity contribution is 0.149. The van der Waals surface area contributed by atoms with Crippen LogP contribution in [0.1, 0.15) is 39.0 Å². The number of amides is 2. The van der Waals surface area contributed by atoms with E-state index in [9.17, 15) is 4.79 Å². The Labute approximate surface area is 111 Å². The Morgan fingerprint density at radius 2 is 2.11 bits per heavy atom. The zero-order valence-corrected chi connectivity index (χ0v) is 11.7. The number of nitrogens with zero attached hydrogens (tertiary/aromatic N) is 2. The van der Waals surface area contributed by atoms with Crippen molar-refractivity contribution in [2.24, 2.45) is 5.92 Å². The van der Waals surface area contributed by atoms with Gasteiger partial charge < -0.3 is 15.1 Å². The molecule has 4 heteroatoms. The van der Waals surface area contributed by atoms with Crippen molar-refractivity contribution in [3.63, 3.8) is 0 Å². The van der Waals surface area contributed by atoms with Crippen LogP contribution in [-0.4, -0.2) is 55.1 Å². The van der Waals surface area contributed by atoms with Crippen LogP contribution >= 0.6 is 0 Å². The molecule has 0 aliphatic carbocycles.